The molecule has 0 heterocycles. The van der Waals surface area contributed by atoms with E-state index in [1.807, 2.05) is 0 Å². The van der Waals surface area contributed by atoms with Crippen LogP contribution >= 0.6 is 0 Å². The second kappa shape index (κ2) is 9.74. The van der Waals surface area contributed by atoms with Gasteiger partial charge in [0.05, 0.1) is 13.2 Å². The molecule has 29 heavy (non-hydrogen) atoms. The SMILES string of the molecule is C[C@](O)(C(O)OC(O)[C@](C)(O)[C@@H](O)[C@H](O)[C@](C)(O)CO)[C@@H](O)[C@H](O)[C@](C)(O)CO. The van der Waals surface area contributed by atoms with Crippen LogP contribution in [0.3, 0.4) is 0 Å². The summed E-state index contributed by atoms with van der Waals surface area (Å²) in [6.45, 7) is 1.28. The van der Waals surface area contributed by atoms with Crippen molar-refractivity contribution in [2.45, 2.75) is 87.1 Å². The molecule has 0 amide bonds. The summed E-state index contributed by atoms with van der Waals surface area (Å²) in [6.07, 6.45) is -14.1. The normalized spacial score (nSPS) is 27.3. The van der Waals surface area contributed by atoms with Gasteiger partial charge in [-0.25, -0.2) is 0 Å². The second-order valence-corrected chi connectivity index (χ2v) is 8.10. The van der Waals surface area contributed by atoms with Crippen molar-refractivity contribution >= 4 is 0 Å². The van der Waals surface area contributed by atoms with Crippen molar-refractivity contribution < 1.29 is 66.0 Å². The second-order valence-electron chi connectivity index (χ2n) is 8.10. The van der Waals surface area contributed by atoms with Crippen molar-refractivity contribution in [1.29, 1.82) is 0 Å². The zero-order valence-corrected chi connectivity index (χ0v) is 16.7. The Morgan fingerprint density at radius 3 is 1.00 bits per heavy atom. The van der Waals surface area contributed by atoms with Crippen LogP contribution in [0.4, 0.5) is 0 Å². The lowest BCUT2D eigenvalue weighted by atomic mass is 9.84. The number of ether oxygens (including phenoxy) is 1. The number of aliphatic hydroxyl groups excluding tert-OH is 8. The van der Waals surface area contributed by atoms with Gasteiger partial charge in [0.15, 0.2) is 12.6 Å². The highest BCUT2D eigenvalue weighted by atomic mass is 16.7. The van der Waals surface area contributed by atoms with Crippen molar-refractivity contribution in [2.24, 2.45) is 0 Å². The molecule has 2 unspecified atom stereocenters. The van der Waals surface area contributed by atoms with Gasteiger partial charge in [-0.15, -0.1) is 0 Å². The standard InChI is InChI=1S/C16H34O13/c1-13(25,5-17)7(19)9(21)15(3,27)11(23)29-12(24)16(4,28)10(22)8(20)14(2,26)6-18/h7-12,17-28H,5-6H2,1-4H3/t7-,8-,9-,10-,11?,12?,13+,14+,15+,16+/m0/s1. The zero-order chi connectivity index (χ0) is 23.6. The fraction of sp³-hybridized carbons (Fsp3) is 1.00. The van der Waals surface area contributed by atoms with E-state index in [0.717, 1.165) is 27.7 Å². The molecule has 13 nitrogen and oxygen atoms in total. The van der Waals surface area contributed by atoms with Gasteiger partial charge in [-0.2, -0.15) is 0 Å². The molecule has 13 heteroatoms. The van der Waals surface area contributed by atoms with E-state index in [1.165, 1.54) is 0 Å². The predicted octanol–water partition coefficient (Wildman–Crippen LogP) is -5.93. The van der Waals surface area contributed by atoms with Crippen LogP contribution in [0.5, 0.6) is 0 Å². The van der Waals surface area contributed by atoms with E-state index in [0.29, 0.717) is 0 Å². The van der Waals surface area contributed by atoms with Crippen LogP contribution < -0.4 is 0 Å². The molecular formula is C16H34O13. The number of hydrogen-bond donors (Lipinski definition) is 12. The Bertz CT molecular complexity index is 463. The first-order valence-corrected chi connectivity index (χ1v) is 8.65. The summed E-state index contributed by atoms with van der Waals surface area (Å²) in [5, 5.41) is 118. The quantitative estimate of drug-likeness (QED) is 0.128. The van der Waals surface area contributed by atoms with Crippen molar-refractivity contribution in [2.75, 3.05) is 13.2 Å². The van der Waals surface area contributed by atoms with Crippen LogP contribution in [0.1, 0.15) is 27.7 Å². The van der Waals surface area contributed by atoms with Gasteiger partial charge in [-0.05, 0) is 27.7 Å². The Morgan fingerprint density at radius 2 is 0.793 bits per heavy atom. The minimum atomic E-state index is -2.78. The summed E-state index contributed by atoms with van der Waals surface area (Å²) in [6, 6.07) is 0. The Kier molecular flexibility index (Phi) is 9.56. The third-order valence-corrected chi connectivity index (χ3v) is 4.97. The molecule has 0 spiro atoms. The van der Waals surface area contributed by atoms with E-state index in [2.05, 4.69) is 4.74 Å². The molecule has 0 aliphatic rings. The highest BCUT2D eigenvalue weighted by molar-refractivity contribution is 4.99. The summed E-state index contributed by atoms with van der Waals surface area (Å²) >= 11 is 0. The number of hydrogen-bond acceptors (Lipinski definition) is 13. The summed E-state index contributed by atoms with van der Waals surface area (Å²) in [5.41, 5.74) is -10.1. The monoisotopic (exact) mass is 434 g/mol. The van der Waals surface area contributed by atoms with Gasteiger partial charge in [0.25, 0.3) is 0 Å². The maximum absolute atomic E-state index is 10.3. The van der Waals surface area contributed by atoms with E-state index in [9.17, 15) is 51.1 Å². The number of rotatable bonds is 12. The molecule has 0 aromatic carbocycles. The smallest absolute Gasteiger partial charge is 0.189 e. The Hall–Kier alpha value is -0.520. The summed E-state index contributed by atoms with van der Waals surface area (Å²) in [5.74, 6) is 0. The van der Waals surface area contributed by atoms with E-state index in [-0.39, 0.29) is 0 Å². The van der Waals surface area contributed by atoms with Crippen molar-refractivity contribution in [1.82, 2.24) is 0 Å². The van der Waals surface area contributed by atoms with Crippen LogP contribution in [-0.4, -0.2) is 134 Å². The highest BCUT2D eigenvalue weighted by Gasteiger charge is 2.52. The first-order chi connectivity index (χ1) is 12.8. The minimum Gasteiger partial charge on any atom is -0.393 e. The Morgan fingerprint density at radius 1 is 0.552 bits per heavy atom. The molecular weight excluding hydrogens is 400 g/mol. The van der Waals surface area contributed by atoms with Gasteiger partial charge in [-0.3, -0.25) is 0 Å². The fourth-order valence-electron chi connectivity index (χ4n) is 2.20. The van der Waals surface area contributed by atoms with Crippen LogP contribution in [-0.2, 0) is 4.74 Å². The summed E-state index contributed by atoms with van der Waals surface area (Å²) in [7, 11) is 0. The molecule has 0 bridgehead atoms. The highest BCUT2D eigenvalue weighted by Crippen LogP contribution is 2.29. The molecule has 12 N–H and O–H groups in total. The molecule has 10 atom stereocenters. The van der Waals surface area contributed by atoms with E-state index < -0.39 is 72.6 Å². The fourth-order valence-corrected chi connectivity index (χ4v) is 2.20. The minimum absolute atomic E-state index is 0.738. The molecule has 0 aromatic heterocycles. The third kappa shape index (κ3) is 6.24. The van der Waals surface area contributed by atoms with Crippen molar-refractivity contribution in [3.05, 3.63) is 0 Å². The summed E-state index contributed by atoms with van der Waals surface area (Å²) < 4.78 is 4.60. The predicted molar refractivity (Wildman–Crippen MR) is 93.8 cm³/mol. The lowest BCUT2D eigenvalue weighted by Crippen LogP contribution is -2.65. The molecule has 0 saturated carbocycles. The molecule has 0 radical (unpaired) electrons. The Balaban J connectivity index is 5.42. The van der Waals surface area contributed by atoms with Gasteiger partial charge in [0.1, 0.15) is 46.8 Å². The van der Waals surface area contributed by atoms with Gasteiger partial charge < -0.3 is 66.0 Å². The van der Waals surface area contributed by atoms with Crippen LogP contribution in [0.15, 0.2) is 0 Å². The lowest BCUT2D eigenvalue weighted by Gasteiger charge is -2.43. The van der Waals surface area contributed by atoms with Gasteiger partial charge in [0, 0.05) is 0 Å². The van der Waals surface area contributed by atoms with E-state index >= 15 is 0 Å². The topological polar surface area (TPSA) is 252 Å². The lowest BCUT2D eigenvalue weighted by molar-refractivity contribution is -0.342. The maximum atomic E-state index is 10.3. The van der Waals surface area contributed by atoms with Crippen molar-refractivity contribution in [3.8, 4) is 0 Å². The molecule has 0 aliphatic carbocycles. The average Bonchev–Trinajstić information content (AvgIpc) is 2.64. The maximum Gasteiger partial charge on any atom is 0.189 e. The zero-order valence-electron chi connectivity index (χ0n) is 16.7. The molecule has 0 aromatic rings. The third-order valence-electron chi connectivity index (χ3n) is 4.97. The van der Waals surface area contributed by atoms with Gasteiger partial charge in [-0.1, -0.05) is 0 Å². The van der Waals surface area contributed by atoms with Gasteiger partial charge in [0.2, 0.25) is 0 Å². The van der Waals surface area contributed by atoms with Crippen LogP contribution in [0, 0.1) is 0 Å². The van der Waals surface area contributed by atoms with E-state index in [1.54, 1.807) is 0 Å². The van der Waals surface area contributed by atoms with Crippen molar-refractivity contribution in [3.63, 3.8) is 0 Å². The first-order valence-electron chi connectivity index (χ1n) is 8.65. The molecule has 0 fully saturated rings. The Labute approximate surface area is 167 Å². The van der Waals surface area contributed by atoms with Gasteiger partial charge >= 0.3 is 0 Å². The summed E-state index contributed by atoms with van der Waals surface area (Å²) in [4.78, 5) is 0. The number of aliphatic hydroxyl groups is 12. The molecule has 176 valence electrons. The molecule has 0 rings (SSSR count). The average molecular weight is 434 g/mol. The van der Waals surface area contributed by atoms with Crippen LogP contribution in [0.2, 0.25) is 0 Å². The molecule has 0 saturated heterocycles. The molecule has 0 aliphatic heterocycles. The van der Waals surface area contributed by atoms with Crippen LogP contribution in [0.25, 0.3) is 0 Å². The van der Waals surface area contributed by atoms with E-state index in [4.69, 9.17) is 10.2 Å². The first kappa shape index (κ1) is 28.5. The largest absolute Gasteiger partial charge is 0.393 e.